The van der Waals surface area contributed by atoms with Gasteiger partial charge in [-0.2, -0.15) is 5.10 Å². The minimum absolute atomic E-state index is 0.0219. The highest BCUT2D eigenvalue weighted by Crippen LogP contribution is 2.50. The molecule has 0 amide bonds. The highest BCUT2D eigenvalue weighted by atomic mass is 79.9. The maximum absolute atomic E-state index is 4.37. The van der Waals surface area contributed by atoms with Gasteiger partial charge in [-0.15, -0.1) is 0 Å². The normalized spacial score (nSPS) is 16.7. The Balaban J connectivity index is 1.57. The van der Waals surface area contributed by atoms with Crippen LogP contribution in [0.3, 0.4) is 0 Å². The van der Waals surface area contributed by atoms with Crippen molar-refractivity contribution >= 4 is 15.9 Å². The zero-order chi connectivity index (χ0) is 16.4. The van der Waals surface area contributed by atoms with Crippen molar-refractivity contribution < 1.29 is 0 Å². The van der Waals surface area contributed by atoms with E-state index in [0.29, 0.717) is 0 Å². The van der Waals surface area contributed by atoms with Gasteiger partial charge in [-0.1, -0.05) is 64.5 Å². The maximum atomic E-state index is 4.37. The average molecular weight is 383 g/mol. The first-order chi connectivity index (χ1) is 11.8. The molecule has 3 aromatic rings. The highest BCUT2D eigenvalue weighted by molar-refractivity contribution is 9.10. The van der Waals surface area contributed by atoms with Crippen molar-refractivity contribution in [1.82, 2.24) is 20.5 Å². The van der Waals surface area contributed by atoms with E-state index >= 15 is 0 Å². The number of nitrogens with one attached hydrogen (secondary N) is 2. The number of nitrogens with zero attached hydrogens (tertiary/aromatic N) is 2. The van der Waals surface area contributed by atoms with Crippen molar-refractivity contribution in [2.45, 2.75) is 24.3 Å². The second-order valence-corrected chi connectivity index (χ2v) is 7.21. The molecule has 1 aliphatic carbocycles. The van der Waals surface area contributed by atoms with E-state index in [1.54, 1.807) is 6.33 Å². The maximum Gasteiger partial charge on any atom is 0.145 e. The molecule has 1 fully saturated rings. The quantitative estimate of drug-likeness (QED) is 0.677. The number of benzene rings is 2. The van der Waals surface area contributed by atoms with Crippen LogP contribution in [0, 0.1) is 0 Å². The molecule has 24 heavy (non-hydrogen) atoms. The molecule has 2 aromatic carbocycles. The van der Waals surface area contributed by atoms with Crippen LogP contribution in [-0.2, 0) is 5.41 Å². The number of hydrogen-bond donors (Lipinski definition) is 2. The topological polar surface area (TPSA) is 53.6 Å². The molecule has 0 bridgehead atoms. The van der Waals surface area contributed by atoms with Crippen molar-refractivity contribution in [1.29, 1.82) is 0 Å². The average Bonchev–Trinajstić information content (AvgIpc) is 3.20. The molecule has 1 atom stereocenters. The van der Waals surface area contributed by atoms with Crippen LogP contribution in [-0.4, -0.2) is 21.7 Å². The van der Waals surface area contributed by atoms with Crippen LogP contribution >= 0.6 is 15.9 Å². The summed E-state index contributed by atoms with van der Waals surface area (Å²) in [6.45, 7) is 0.913. The summed E-state index contributed by atoms with van der Waals surface area (Å²) in [6.07, 6.45) is 3.98. The lowest BCUT2D eigenvalue weighted by molar-refractivity contribution is 0.514. The molecule has 4 nitrogen and oxygen atoms in total. The summed E-state index contributed by atoms with van der Waals surface area (Å²) in [6, 6.07) is 19.0. The molecule has 1 aliphatic rings. The van der Waals surface area contributed by atoms with Gasteiger partial charge < -0.3 is 5.32 Å². The standard InChI is InChI=1S/C19H19BrN4/c20-16-9-5-4-8-15(16)19(10-11-19)12-21-17(18-22-13-23-24-18)14-6-2-1-3-7-14/h1-9,13,17,21H,10-12H2,(H,22,23,24). The van der Waals surface area contributed by atoms with Crippen LogP contribution in [0.1, 0.15) is 35.8 Å². The first-order valence-corrected chi connectivity index (χ1v) is 8.96. The minimum atomic E-state index is 0.0219. The van der Waals surface area contributed by atoms with E-state index in [-0.39, 0.29) is 11.5 Å². The van der Waals surface area contributed by atoms with Gasteiger partial charge in [0, 0.05) is 16.4 Å². The fourth-order valence-corrected chi connectivity index (χ4v) is 3.96. The lowest BCUT2D eigenvalue weighted by Crippen LogP contribution is -2.32. The van der Waals surface area contributed by atoms with Gasteiger partial charge in [0.25, 0.3) is 0 Å². The Labute approximate surface area is 149 Å². The van der Waals surface area contributed by atoms with Crippen LogP contribution in [0.2, 0.25) is 0 Å². The summed E-state index contributed by atoms with van der Waals surface area (Å²) in [7, 11) is 0. The van der Waals surface area contributed by atoms with Crippen molar-refractivity contribution in [2.75, 3.05) is 6.54 Å². The van der Waals surface area contributed by atoms with E-state index in [2.05, 4.69) is 85.0 Å². The number of halogens is 1. The zero-order valence-corrected chi connectivity index (χ0v) is 14.8. The van der Waals surface area contributed by atoms with Gasteiger partial charge in [0.15, 0.2) is 0 Å². The molecule has 0 saturated heterocycles. The van der Waals surface area contributed by atoms with E-state index in [1.807, 2.05) is 6.07 Å². The first-order valence-electron chi connectivity index (χ1n) is 8.17. The van der Waals surface area contributed by atoms with Gasteiger partial charge in [0.05, 0.1) is 6.04 Å². The third-order valence-electron chi connectivity index (χ3n) is 4.78. The molecule has 5 heteroatoms. The van der Waals surface area contributed by atoms with Gasteiger partial charge in [-0.05, 0) is 30.0 Å². The lowest BCUT2D eigenvalue weighted by Gasteiger charge is -2.23. The summed E-state index contributed by atoms with van der Waals surface area (Å²) in [5.74, 6) is 0.851. The molecule has 1 saturated carbocycles. The fraction of sp³-hybridized carbons (Fsp3) is 0.263. The van der Waals surface area contributed by atoms with Gasteiger partial charge in [-0.25, -0.2) is 4.98 Å². The highest BCUT2D eigenvalue weighted by Gasteiger charge is 2.45. The molecule has 122 valence electrons. The van der Waals surface area contributed by atoms with Crippen LogP contribution in [0.4, 0.5) is 0 Å². The molecule has 2 N–H and O–H groups in total. The summed E-state index contributed by atoms with van der Waals surface area (Å²) in [5.41, 5.74) is 2.80. The van der Waals surface area contributed by atoms with E-state index in [4.69, 9.17) is 0 Å². The van der Waals surface area contributed by atoms with E-state index in [1.165, 1.54) is 28.4 Å². The Kier molecular flexibility index (Phi) is 4.21. The predicted octanol–water partition coefficient (Wildman–Crippen LogP) is 3.98. The van der Waals surface area contributed by atoms with E-state index < -0.39 is 0 Å². The summed E-state index contributed by atoms with van der Waals surface area (Å²) >= 11 is 3.71. The number of hydrogen-bond acceptors (Lipinski definition) is 3. The van der Waals surface area contributed by atoms with Crippen molar-refractivity contribution in [3.05, 3.63) is 82.3 Å². The van der Waals surface area contributed by atoms with Gasteiger partial charge in [0.1, 0.15) is 12.2 Å². The van der Waals surface area contributed by atoms with Crippen molar-refractivity contribution in [2.24, 2.45) is 0 Å². The Hall–Kier alpha value is -1.98. The summed E-state index contributed by atoms with van der Waals surface area (Å²) in [4.78, 5) is 4.37. The van der Waals surface area contributed by atoms with Crippen molar-refractivity contribution in [3.8, 4) is 0 Å². The van der Waals surface area contributed by atoms with Crippen LogP contribution < -0.4 is 5.32 Å². The second-order valence-electron chi connectivity index (χ2n) is 6.36. The Bertz CT molecular complexity index is 797. The van der Waals surface area contributed by atoms with E-state index in [0.717, 1.165) is 12.4 Å². The van der Waals surface area contributed by atoms with E-state index in [9.17, 15) is 0 Å². The Morgan fingerprint density at radius 1 is 1.08 bits per heavy atom. The SMILES string of the molecule is Brc1ccccc1C1(CNC(c2ccccc2)c2ncn[nH]2)CC1. The Morgan fingerprint density at radius 3 is 2.50 bits per heavy atom. The fourth-order valence-electron chi connectivity index (χ4n) is 3.25. The summed E-state index contributed by atoms with van der Waals surface area (Å²) < 4.78 is 1.19. The van der Waals surface area contributed by atoms with Gasteiger partial charge in [-0.3, -0.25) is 5.10 Å². The molecular formula is C19H19BrN4. The van der Waals surface area contributed by atoms with Crippen LogP contribution in [0.5, 0.6) is 0 Å². The monoisotopic (exact) mass is 382 g/mol. The van der Waals surface area contributed by atoms with Crippen molar-refractivity contribution in [3.63, 3.8) is 0 Å². The largest absolute Gasteiger partial charge is 0.303 e. The third kappa shape index (κ3) is 3.01. The van der Waals surface area contributed by atoms with Gasteiger partial charge in [0.2, 0.25) is 0 Å². The Morgan fingerprint density at radius 2 is 1.83 bits per heavy atom. The molecule has 1 unspecified atom stereocenters. The molecule has 1 aromatic heterocycles. The first kappa shape index (κ1) is 15.5. The number of rotatable bonds is 6. The second kappa shape index (κ2) is 6.49. The lowest BCUT2D eigenvalue weighted by atomic mass is 9.95. The number of aromatic nitrogens is 3. The molecule has 0 aliphatic heterocycles. The number of H-pyrrole nitrogens is 1. The minimum Gasteiger partial charge on any atom is -0.303 e. The third-order valence-corrected chi connectivity index (χ3v) is 5.47. The van der Waals surface area contributed by atoms with Gasteiger partial charge >= 0.3 is 0 Å². The predicted molar refractivity (Wildman–Crippen MR) is 97.7 cm³/mol. The zero-order valence-electron chi connectivity index (χ0n) is 13.2. The van der Waals surface area contributed by atoms with Crippen LogP contribution in [0.15, 0.2) is 65.4 Å². The summed E-state index contributed by atoms with van der Waals surface area (Å²) in [5, 5.41) is 10.7. The van der Waals surface area contributed by atoms with Crippen LogP contribution in [0.25, 0.3) is 0 Å². The molecule has 0 spiro atoms. The smallest absolute Gasteiger partial charge is 0.145 e. The molecular weight excluding hydrogens is 364 g/mol. The molecule has 4 rings (SSSR count). The number of aromatic amines is 1. The molecule has 1 heterocycles. The molecule has 0 radical (unpaired) electrons.